The van der Waals surface area contributed by atoms with E-state index in [0.29, 0.717) is 11.4 Å². The second-order valence-electron chi connectivity index (χ2n) is 4.82. The molecule has 0 spiro atoms. The lowest BCUT2D eigenvalue weighted by molar-refractivity contribution is 0.400. The van der Waals surface area contributed by atoms with Gasteiger partial charge in [0.2, 0.25) is 10.0 Å². The molecular weight excluding hydrogens is 248 g/mol. The zero-order valence-corrected chi connectivity index (χ0v) is 12.3. The Morgan fingerprint density at radius 2 is 1.89 bits per heavy atom. The minimum atomic E-state index is -3.37. The van der Waals surface area contributed by atoms with Gasteiger partial charge in [0.1, 0.15) is 0 Å². The molecule has 0 saturated carbocycles. The molecule has 1 aromatic rings. The van der Waals surface area contributed by atoms with Gasteiger partial charge < -0.3 is 4.90 Å². The number of aryl methyl sites for hydroxylation is 2. The van der Waals surface area contributed by atoms with Crippen molar-refractivity contribution in [3.63, 3.8) is 0 Å². The molecule has 0 aromatic heterocycles. The van der Waals surface area contributed by atoms with Crippen molar-refractivity contribution in [1.82, 2.24) is 9.62 Å². The molecule has 18 heavy (non-hydrogen) atoms. The van der Waals surface area contributed by atoms with Crippen LogP contribution in [0.5, 0.6) is 0 Å². The number of hydrogen-bond acceptors (Lipinski definition) is 3. The monoisotopic (exact) mass is 270 g/mol. The van der Waals surface area contributed by atoms with Crippen LogP contribution in [-0.4, -0.2) is 40.5 Å². The van der Waals surface area contributed by atoms with Gasteiger partial charge in [-0.15, -0.1) is 0 Å². The summed E-state index contributed by atoms with van der Waals surface area (Å²) in [6.07, 6.45) is 0.803. The summed E-state index contributed by atoms with van der Waals surface area (Å²) in [5.74, 6) is 0. The fraction of sp³-hybridized carbons (Fsp3) is 0.538. The quantitative estimate of drug-likeness (QED) is 0.798. The van der Waals surface area contributed by atoms with Crippen molar-refractivity contribution in [1.29, 1.82) is 0 Å². The van der Waals surface area contributed by atoms with Crippen LogP contribution in [0, 0.1) is 13.8 Å². The van der Waals surface area contributed by atoms with E-state index in [-0.39, 0.29) is 0 Å². The van der Waals surface area contributed by atoms with Crippen molar-refractivity contribution in [3.8, 4) is 0 Å². The number of sulfonamides is 1. The highest BCUT2D eigenvalue weighted by atomic mass is 32.2. The highest BCUT2D eigenvalue weighted by molar-refractivity contribution is 7.89. The van der Waals surface area contributed by atoms with E-state index < -0.39 is 10.0 Å². The van der Waals surface area contributed by atoms with Crippen LogP contribution in [0.15, 0.2) is 23.1 Å². The summed E-state index contributed by atoms with van der Waals surface area (Å²) in [6, 6.07) is 5.37. The lowest BCUT2D eigenvalue weighted by Gasteiger charge is -2.12. The Labute approximate surface area is 110 Å². The van der Waals surface area contributed by atoms with Gasteiger partial charge in [0.15, 0.2) is 0 Å². The molecule has 1 N–H and O–H groups in total. The van der Waals surface area contributed by atoms with Crippen molar-refractivity contribution in [3.05, 3.63) is 29.3 Å². The van der Waals surface area contributed by atoms with Crippen LogP contribution in [0.3, 0.4) is 0 Å². The molecule has 0 fully saturated rings. The lowest BCUT2D eigenvalue weighted by Crippen LogP contribution is -2.27. The standard InChI is InChI=1S/C13H22N2O2S/c1-11-6-7-13(12(2)10-11)18(16,17)14-8-5-9-15(3)4/h6-7,10,14H,5,8-9H2,1-4H3. The Kier molecular flexibility index (Phi) is 5.31. The third-order valence-electron chi connectivity index (χ3n) is 2.69. The van der Waals surface area contributed by atoms with Gasteiger partial charge in [-0.25, -0.2) is 13.1 Å². The summed E-state index contributed by atoms with van der Waals surface area (Å²) in [5, 5.41) is 0. The van der Waals surface area contributed by atoms with E-state index in [9.17, 15) is 8.42 Å². The number of hydrogen-bond donors (Lipinski definition) is 1. The first kappa shape index (κ1) is 15.1. The zero-order valence-electron chi connectivity index (χ0n) is 11.5. The van der Waals surface area contributed by atoms with Gasteiger partial charge in [0.05, 0.1) is 4.90 Å². The summed E-state index contributed by atoms with van der Waals surface area (Å²) in [4.78, 5) is 2.41. The van der Waals surface area contributed by atoms with Gasteiger partial charge in [0.25, 0.3) is 0 Å². The van der Waals surface area contributed by atoms with E-state index >= 15 is 0 Å². The number of rotatable bonds is 6. The van der Waals surface area contributed by atoms with Crippen LogP contribution >= 0.6 is 0 Å². The molecule has 4 nitrogen and oxygen atoms in total. The maximum absolute atomic E-state index is 12.1. The van der Waals surface area contributed by atoms with E-state index in [4.69, 9.17) is 0 Å². The first-order valence-electron chi connectivity index (χ1n) is 6.04. The zero-order chi connectivity index (χ0) is 13.8. The highest BCUT2D eigenvalue weighted by Crippen LogP contribution is 2.15. The predicted octanol–water partition coefficient (Wildman–Crippen LogP) is 1.53. The molecule has 0 bridgehead atoms. The van der Waals surface area contributed by atoms with Gasteiger partial charge in [-0.05, 0) is 52.5 Å². The molecular formula is C13H22N2O2S. The second kappa shape index (κ2) is 6.31. The molecule has 5 heteroatoms. The normalized spacial score (nSPS) is 12.1. The first-order chi connectivity index (χ1) is 8.33. The molecule has 0 atom stereocenters. The molecule has 0 aliphatic carbocycles. The van der Waals surface area contributed by atoms with E-state index in [1.807, 2.05) is 45.0 Å². The van der Waals surface area contributed by atoms with Gasteiger partial charge in [-0.1, -0.05) is 17.7 Å². The van der Waals surface area contributed by atoms with Crippen LogP contribution < -0.4 is 4.72 Å². The SMILES string of the molecule is Cc1ccc(S(=O)(=O)NCCCN(C)C)c(C)c1. The number of nitrogens with zero attached hydrogens (tertiary/aromatic N) is 1. The Balaban J connectivity index is 2.69. The lowest BCUT2D eigenvalue weighted by atomic mass is 10.2. The van der Waals surface area contributed by atoms with Crippen LogP contribution in [0.25, 0.3) is 0 Å². The van der Waals surface area contributed by atoms with Crippen molar-refractivity contribution < 1.29 is 8.42 Å². The summed E-state index contributed by atoms with van der Waals surface area (Å²) in [5.41, 5.74) is 1.86. The van der Waals surface area contributed by atoms with E-state index in [1.54, 1.807) is 6.07 Å². The maximum atomic E-state index is 12.1. The molecule has 0 aliphatic heterocycles. The average Bonchev–Trinajstić information content (AvgIpc) is 2.23. The highest BCUT2D eigenvalue weighted by Gasteiger charge is 2.15. The molecule has 0 amide bonds. The van der Waals surface area contributed by atoms with E-state index in [2.05, 4.69) is 4.72 Å². The van der Waals surface area contributed by atoms with Crippen LogP contribution in [-0.2, 0) is 10.0 Å². The summed E-state index contributed by atoms with van der Waals surface area (Å²) >= 11 is 0. The largest absolute Gasteiger partial charge is 0.309 e. The minimum absolute atomic E-state index is 0.373. The number of benzene rings is 1. The molecule has 0 saturated heterocycles. The van der Waals surface area contributed by atoms with Crippen molar-refractivity contribution >= 4 is 10.0 Å². The third kappa shape index (κ3) is 4.40. The smallest absolute Gasteiger partial charge is 0.240 e. The topological polar surface area (TPSA) is 49.4 Å². The van der Waals surface area contributed by atoms with Gasteiger partial charge in [-0.2, -0.15) is 0 Å². The van der Waals surface area contributed by atoms with Crippen molar-refractivity contribution in [2.45, 2.75) is 25.2 Å². The molecule has 0 heterocycles. The second-order valence-corrected chi connectivity index (χ2v) is 6.56. The molecule has 1 aromatic carbocycles. The van der Waals surface area contributed by atoms with Crippen LogP contribution in [0.4, 0.5) is 0 Å². The summed E-state index contributed by atoms with van der Waals surface area (Å²) < 4.78 is 26.8. The predicted molar refractivity (Wildman–Crippen MR) is 74.3 cm³/mol. The molecule has 1 rings (SSSR count). The molecule has 102 valence electrons. The Morgan fingerprint density at radius 1 is 1.22 bits per heavy atom. The average molecular weight is 270 g/mol. The maximum Gasteiger partial charge on any atom is 0.240 e. The van der Waals surface area contributed by atoms with Gasteiger partial charge in [0, 0.05) is 6.54 Å². The fourth-order valence-electron chi connectivity index (χ4n) is 1.78. The van der Waals surface area contributed by atoms with Gasteiger partial charge in [-0.3, -0.25) is 0 Å². The number of nitrogens with one attached hydrogen (secondary N) is 1. The van der Waals surface area contributed by atoms with Crippen molar-refractivity contribution in [2.75, 3.05) is 27.2 Å². The fourth-order valence-corrected chi connectivity index (χ4v) is 3.08. The molecule has 0 unspecified atom stereocenters. The summed E-state index contributed by atoms with van der Waals surface area (Å²) in [7, 11) is 0.568. The van der Waals surface area contributed by atoms with Crippen LogP contribution in [0.2, 0.25) is 0 Å². The minimum Gasteiger partial charge on any atom is -0.309 e. The third-order valence-corrected chi connectivity index (χ3v) is 4.32. The summed E-state index contributed by atoms with van der Waals surface area (Å²) in [6.45, 7) is 5.11. The molecule has 0 radical (unpaired) electrons. The Hall–Kier alpha value is -0.910. The van der Waals surface area contributed by atoms with Gasteiger partial charge >= 0.3 is 0 Å². The first-order valence-corrected chi connectivity index (χ1v) is 7.53. The Bertz CT molecular complexity index is 496. The van der Waals surface area contributed by atoms with Crippen molar-refractivity contribution in [2.24, 2.45) is 0 Å². The Morgan fingerprint density at radius 3 is 2.44 bits per heavy atom. The van der Waals surface area contributed by atoms with E-state index in [0.717, 1.165) is 24.1 Å². The molecule has 0 aliphatic rings. The van der Waals surface area contributed by atoms with Crippen LogP contribution in [0.1, 0.15) is 17.5 Å². The van der Waals surface area contributed by atoms with E-state index in [1.165, 1.54) is 0 Å².